The monoisotopic (exact) mass is 453 g/mol. The highest BCUT2D eigenvalue weighted by atomic mass is 35.5. The summed E-state index contributed by atoms with van der Waals surface area (Å²) in [6.07, 6.45) is 1.40. The lowest BCUT2D eigenvalue weighted by Gasteiger charge is -2.61. The van der Waals surface area contributed by atoms with E-state index in [1.807, 2.05) is 13.0 Å². The molecular weight excluding hydrogens is 423 g/mol. The van der Waals surface area contributed by atoms with E-state index in [0.29, 0.717) is 13.0 Å². The second kappa shape index (κ2) is 8.76. The van der Waals surface area contributed by atoms with Crippen molar-refractivity contribution in [3.63, 3.8) is 0 Å². The van der Waals surface area contributed by atoms with Gasteiger partial charge >= 0.3 is 0 Å². The molecule has 31 heavy (non-hydrogen) atoms. The first-order valence-corrected chi connectivity index (χ1v) is 10.7. The molecule has 6 heteroatoms. The van der Waals surface area contributed by atoms with Crippen LogP contribution in [-0.2, 0) is 23.2 Å². The van der Waals surface area contributed by atoms with Crippen molar-refractivity contribution in [2.24, 2.45) is 5.41 Å². The highest BCUT2D eigenvalue weighted by molar-refractivity contribution is 5.85. The minimum Gasteiger partial charge on any atom is -0.372 e. The number of halogens is 4. The van der Waals surface area contributed by atoms with Crippen LogP contribution in [0.25, 0.3) is 0 Å². The van der Waals surface area contributed by atoms with Crippen molar-refractivity contribution >= 4 is 12.4 Å². The number of likely N-dealkylation sites (tertiary alicyclic amines) is 1. The Kier molecular flexibility index (Phi) is 6.81. The van der Waals surface area contributed by atoms with Gasteiger partial charge in [-0.1, -0.05) is 39.0 Å². The number of benzene rings is 2. The zero-order valence-corrected chi connectivity index (χ0v) is 19.4. The fraction of sp³-hybridized carbons (Fsp3) is 0.520. The highest BCUT2D eigenvalue weighted by Gasteiger charge is 2.56. The molecule has 2 aromatic carbocycles. The number of ether oxygens (including phenoxy) is 1. The lowest BCUT2D eigenvalue weighted by Crippen LogP contribution is -2.64. The van der Waals surface area contributed by atoms with Gasteiger partial charge in [0, 0.05) is 23.6 Å². The summed E-state index contributed by atoms with van der Waals surface area (Å²) in [6.45, 7) is 10.2. The van der Waals surface area contributed by atoms with Crippen LogP contribution < -0.4 is 0 Å². The Morgan fingerprint density at radius 3 is 2.32 bits per heavy atom. The fourth-order valence-electron chi connectivity index (χ4n) is 5.51. The zero-order chi connectivity index (χ0) is 21.7. The first-order chi connectivity index (χ1) is 14.1. The van der Waals surface area contributed by atoms with Gasteiger partial charge < -0.3 is 4.74 Å². The van der Waals surface area contributed by atoms with Gasteiger partial charge in [-0.25, -0.2) is 13.2 Å². The average molecular weight is 454 g/mol. The normalized spacial score (nSPS) is 25.5. The Hall–Kier alpha value is -1.56. The van der Waals surface area contributed by atoms with Crippen LogP contribution in [-0.4, -0.2) is 30.1 Å². The van der Waals surface area contributed by atoms with Crippen molar-refractivity contribution in [1.29, 1.82) is 0 Å². The van der Waals surface area contributed by atoms with E-state index in [4.69, 9.17) is 4.74 Å². The summed E-state index contributed by atoms with van der Waals surface area (Å²) < 4.78 is 48.2. The molecule has 0 spiro atoms. The van der Waals surface area contributed by atoms with Gasteiger partial charge in [0.25, 0.3) is 0 Å². The van der Waals surface area contributed by atoms with Crippen molar-refractivity contribution < 1.29 is 17.9 Å². The number of piperidine rings is 1. The Labute approximate surface area is 189 Å². The molecule has 1 fully saturated rings. The van der Waals surface area contributed by atoms with Gasteiger partial charge in [0.1, 0.15) is 17.5 Å². The summed E-state index contributed by atoms with van der Waals surface area (Å²) in [7, 11) is 0. The molecule has 1 aliphatic heterocycles. The highest BCUT2D eigenvalue weighted by Crippen LogP contribution is 2.56. The van der Waals surface area contributed by atoms with Crippen LogP contribution in [0.4, 0.5) is 13.2 Å². The van der Waals surface area contributed by atoms with Crippen LogP contribution in [0.3, 0.4) is 0 Å². The molecule has 0 N–H and O–H groups in total. The lowest BCUT2D eigenvalue weighted by atomic mass is 9.51. The number of fused-ring (bicyclic) bond motifs is 4. The second-order valence-electron chi connectivity index (χ2n) is 9.61. The molecule has 3 atom stereocenters. The Morgan fingerprint density at radius 2 is 1.65 bits per heavy atom. The molecule has 2 bridgehead atoms. The minimum atomic E-state index is -0.587. The number of hydrogen-bond acceptors (Lipinski definition) is 2. The summed E-state index contributed by atoms with van der Waals surface area (Å²) in [5.41, 5.74) is 1.80. The fourth-order valence-corrected chi connectivity index (χ4v) is 5.51. The molecule has 170 valence electrons. The first kappa shape index (κ1) is 24.1. The standard InChI is InChI=1S/C25H30F3NO.ClH/c1-16(30-15-18-21(27)9-6-10-22(18)28)14-29-12-11-25(4)19-7-5-8-20(26)17(19)13-23(29)24(25,2)3;/h5-10,16,23H,11-15H2,1-4H3;1H. The quantitative estimate of drug-likeness (QED) is 0.546. The van der Waals surface area contributed by atoms with E-state index in [-0.39, 0.29) is 53.4 Å². The summed E-state index contributed by atoms with van der Waals surface area (Å²) in [6, 6.07) is 9.47. The molecule has 0 amide bonds. The number of rotatable bonds is 5. The van der Waals surface area contributed by atoms with Crippen LogP contribution >= 0.6 is 12.4 Å². The van der Waals surface area contributed by atoms with Crippen LogP contribution in [0.15, 0.2) is 36.4 Å². The third kappa shape index (κ3) is 4.01. The summed E-state index contributed by atoms with van der Waals surface area (Å²) in [5.74, 6) is -1.30. The maximum Gasteiger partial charge on any atom is 0.131 e. The number of nitrogens with zero attached hydrogens (tertiary/aromatic N) is 1. The maximum atomic E-state index is 14.7. The molecule has 3 unspecified atom stereocenters. The van der Waals surface area contributed by atoms with Gasteiger partial charge in [0.2, 0.25) is 0 Å². The smallest absolute Gasteiger partial charge is 0.131 e. The van der Waals surface area contributed by atoms with Gasteiger partial charge in [0.15, 0.2) is 0 Å². The molecule has 1 saturated heterocycles. The van der Waals surface area contributed by atoms with Crippen LogP contribution in [0.2, 0.25) is 0 Å². The van der Waals surface area contributed by atoms with E-state index in [2.05, 4.69) is 31.7 Å². The largest absolute Gasteiger partial charge is 0.372 e. The van der Waals surface area contributed by atoms with Crippen LogP contribution in [0.5, 0.6) is 0 Å². The number of hydrogen-bond donors (Lipinski definition) is 0. The minimum absolute atomic E-state index is 0. The maximum absolute atomic E-state index is 14.7. The van der Waals surface area contributed by atoms with Gasteiger partial charge in [-0.15, -0.1) is 12.4 Å². The third-order valence-electron chi connectivity index (χ3n) is 7.77. The van der Waals surface area contributed by atoms with E-state index in [9.17, 15) is 13.2 Å². The van der Waals surface area contributed by atoms with Gasteiger partial charge in [0.05, 0.1) is 12.7 Å². The van der Waals surface area contributed by atoms with E-state index < -0.39 is 11.6 Å². The predicted octanol–water partition coefficient (Wildman–Crippen LogP) is 6.05. The first-order valence-electron chi connectivity index (χ1n) is 10.7. The molecular formula is C25H31ClF3NO. The molecule has 4 rings (SSSR count). The van der Waals surface area contributed by atoms with E-state index in [0.717, 1.165) is 24.1 Å². The van der Waals surface area contributed by atoms with Gasteiger partial charge in [-0.05, 0) is 61.1 Å². The van der Waals surface area contributed by atoms with Gasteiger partial charge in [-0.2, -0.15) is 0 Å². The third-order valence-corrected chi connectivity index (χ3v) is 7.77. The second-order valence-corrected chi connectivity index (χ2v) is 9.61. The molecule has 0 radical (unpaired) electrons. The topological polar surface area (TPSA) is 12.5 Å². The van der Waals surface area contributed by atoms with Crippen LogP contribution in [0.1, 0.15) is 50.8 Å². The lowest BCUT2D eigenvalue weighted by molar-refractivity contribution is -0.0658. The summed E-state index contributed by atoms with van der Waals surface area (Å²) in [4.78, 5) is 2.37. The SMILES string of the molecule is CC(CN1CCC2(C)c3cccc(F)c3CC1C2(C)C)OCc1c(F)cccc1F.Cl. The zero-order valence-electron chi connectivity index (χ0n) is 18.6. The molecule has 1 aliphatic carbocycles. The van der Waals surface area contributed by atoms with Crippen molar-refractivity contribution in [3.8, 4) is 0 Å². The van der Waals surface area contributed by atoms with E-state index in [1.54, 1.807) is 6.07 Å². The van der Waals surface area contributed by atoms with Gasteiger partial charge in [-0.3, -0.25) is 4.90 Å². The molecule has 2 aromatic rings. The molecule has 2 nitrogen and oxygen atoms in total. The summed E-state index contributed by atoms with van der Waals surface area (Å²) in [5, 5.41) is 0. The molecule has 2 aliphatic rings. The molecule has 1 heterocycles. The van der Waals surface area contributed by atoms with Crippen LogP contribution in [0, 0.1) is 22.9 Å². The summed E-state index contributed by atoms with van der Waals surface area (Å²) >= 11 is 0. The van der Waals surface area contributed by atoms with Crippen molar-refractivity contribution in [2.75, 3.05) is 13.1 Å². The Balaban J connectivity index is 0.00000272. The average Bonchev–Trinajstić information content (AvgIpc) is 2.67. The van der Waals surface area contributed by atoms with E-state index >= 15 is 0 Å². The van der Waals surface area contributed by atoms with E-state index in [1.165, 1.54) is 18.2 Å². The Bertz CT molecular complexity index is 930. The molecule has 0 saturated carbocycles. The molecule has 0 aromatic heterocycles. The van der Waals surface area contributed by atoms with Crippen molar-refractivity contribution in [3.05, 3.63) is 70.5 Å². The predicted molar refractivity (Wildman–Crippen MR) is 119 cm³/mol. The Morgan fingerprint density at radius 1 is 1.03 bits per heavy atom. The van der Waals surface area contributed by atoms with Crippen molar-refractivity contribution in [2.45, 2.75) is 64.7 Å². The van der Waals surface area contributed by atoms with Crippen molar-refractivity contribution in [1.82, 2.24) is 4.90 Å².